The van der Waals surface area contributed by atoms with Crippen molar-refractivity contribution in [2.24, 2.45) is 0 Å². The topological polar surface area (TPSA) is 150 Å². The first kappa shape index (κ1) is 24.7. The molecule has 176 valence electrons. The normalized spacial score (nSPS) is 14.6. The maximum absolute atomic E-state index is 12.9. The average molecular weight is 526 g/mol. The van der Waals surface area contributed by atoms with Gasteiger partial charge in [-0.05, 0) is 25.0 Å². The molecular weight excluding hydrogens is 506 g/mol. The van der Waals surface area contributed by atoms with Crippen molar-refractivity contribution >= 4 is 49.4 Å². The van der Waals surface area contributed by atoms with Gasteiger partial charge in [-0.1, -0.05) is 28.4 Å². The first-order chi connectivity index (χ1) is 15.0. The molecule has 3 rings (SSSR count). The Hall–Kier alpha value is -1.91. The summed E-state index contributed by atoms with van der Waals surface area (Å²) in [6, 6.07) is 3.22. The number of rotatable bonds is 9. The minimum absolute atomic E-state index is 0.117. The van der Waals surface area contributed by atoms with Gasteiger partial charge >= 0.3 is 11.7 Å². The lowest BCUT2D eigenvalue weighted by atomic mass is 10.4. The van der Waals surface area contributed by atoms with E-state index in [0.717, 1.165) is 50.9 Å². The number of benzene rings is 1. The van der Waals surface area contributed by atoms with E-state index >= 15 is 0 Å². The molecule has 0 atom stereocenters. The lowest BCUT2D eigenvalue weighted by molar-refractivity contribution is -0.0260. The molecule has 1 aliphatic carbocycles. The summed E-state index contributed by atoms with van der Waals surface area (Å²) < 4.78 is 54.9. The van der Waals surface area contributed by atoms with E-state index in [-0.39, 0.29) is 17.1 Å². The predicted molar refractivity (Wildman–Crippen MR) is 116 cm³/mol. The molecule has 16 heteroatoms. The molecule has 0 radical (unpaired) electrons. The highest BCUT2D eigenvalue weighted by Gasteiger charge is 2.34. The van der Waals surface area contributed by atoms with Crippen LogP contribution in [-0.2, 0) is 24.9 Å². The van der Waals surface area contributed by atoms with Crippen LogP contribution < -0.4 is 10.4 Å². The van der Waals surface area contributed by atoms with Crippen LogP contribution in [0.15, 0.2) is 44.0 Å². The van der Waals surface area contributed by atoms with Crippen molar-refractivity contribution in [3.8, 4) is 0 Å². The maximum Gasteiger partial charge on any atom is 0.360 e. The van der Waals surface area contributed by atoms with E-state index < -0.39 is 41.6 Å². The number of nitrogens with one attached hydrogen (secondary N) is 1. The molecule has 1 saturated carbocycles. The molecule has 32 heavy (non-hydrogen) atoms. The number of amides is 1. The molecule has 0 unspecified atom stereocenters. The standard InChI is InChI=1S/C16H20ClN5O7S3/c1-20(29-2)32(27,28)13-6-4-3-5-12(13)31(25,26)19-14(23)22-16(24)21(11-7-8-11)15(18-22)30-10-9-17/h3-6,11H,7-10H2,1-2H3,(H,19,23). The highest BCUT2D eigenvalue weighted by Crippen LogP contribution is 2.36. The van der Waals surface area contributed by atoms with Gasteiger partial charge in [-0.15, -0.1) is 21.4 Å². The van der Waals surface area contributed by atoms with Crippen LogP contribution in [0.25, 0.3) is 0 Å². The number of nitrogens with zero attached hydrogens (tertiary/aromatic N) is 4. The molecule has 12 nitrogen and oxygen atoms in total. The van der Waals surface area contributed by atoms with Crippen LogP contribution in [0, 0.1) is 0 Å². The van der Waals surface area contributed by atoms with Gasteiger partial charge in [0.1, 0.15) is 9.79 Å². The van der Waals surface area contributed by atoms with Gasteiger partial charge in [-0.2, -0.15) is 0 Å². The van der Waals surface area contributed by atoms with E-state index in [0.29, 0.717) is 14.9 Å². The second-order valence-electron chi connectivity index (χ2n) is 6.57. The Bertz CT molecular complexity index is 1290. The fourth-order valence-corrected chi connectivity index (χ4v) is 6.41. The Balaban J connectivity index is 1.97. The average Bonchev–Trinajstić information content (AvgIpc) is 3.53. The van der Waals surface area contributed by atoms with Gasteiger partial charge in [0.05, 0.1) is 7.11 Å². The SMILES string of the molecule is CON(C)S(=O)(=O)c1ccccc1S(=O)(=O)NC(=O)n1nc(SCCCl)n(C2CC2)c1=O. The van der Waals surface area contributed by atoms with Gasteiger partial charge < -0.3 is 0 Å². The minimum Gasteiger partial charge on any atom is -0.288 e. The molecule has 0 saturated heterocycles. The summed E-state index contributed by atoms with van der Waals surface area (Å²) in [6.45, 7) is 0. The summed E-state index contributed by atoms with van der Waals surface area (Å²) in [6.07, 6.45) is 1.47. The zero-order chi connectivity index (χ0) is 23.7. The number of carbonyl (C=O) groups excluding carboxylic acids is 1. The Kier molecular flexibility index (Phi) is 7.36. The molecule has 2 aromatic rings. The van der Waals surface area contributed by atoms with Gasteiger partial charge in [0.2, 0.25) is 0 Å². The summed E-state index contributed by atoms with van der Waals surface area (Å²) in [5, 5.41) is 4.19. The van der Waals surface area contributed by atoms with Crippen LogP contribution in [-0.4, -0.2) is 67.5 Å². The summed E-state index contributed by atoms with van der Waals surface area (Å²) in [5.41, 5.74) is -0.794. The summed E-state index contributed by atoms with van der Waals surface area (Å²) in [5.74, 6) is 0.723. The number of carbonyl (C=O) groups is 1. The highest BCUT2D eigenvalue weighted by molar-refractivity contribution is 7.99. The number of hydrogen-bond acceptors (Lipinski definition) is 9. The van der Waals surface area contributed by atoms with Crippen molar-refractivity contribution in [2.45, 2.75) is 33.8 Å². The van der Waals surface area contributed by atoms with E-state index in [2.05, 4.69) is 9.94 Å². The quantitative estimate of drug-likeness (QED) is 0.285. The number of alkyl halides is 1. The Morgan fingerprint density at radius 1 is 1.28 bits per heavy atom. The van der Waals surface area contributed by atoms with Crippen LogP contribution in [0.4, 0.5) is 4.79 Å². The van der Waals surface area contributed by atoms with Gasteiger partial charge in [-0.3, -0.25) is 9.40 Å². The van der Waals surface area contributed by atoms with Crippen LogP contribution in [0.5, 0.6) is 0 Å². The van der Waals surface area contributed by atoms with E-state index in [4.69, 9.17) is 11.6 Å². The second-order valence-corrected chi connectivity index (χ2v) is 11.6. The third-order valence-electron chi connectivity index (χ3n) is 4.43. The van der Waals surface area contributed by atoms with Crippen molar-refractivity contribution in [3.05, 3.63) is 34.7 Å². The van der Waals surface area contributed by atoms with Gasteiger partial charge in [0.25, 0.3) is 20.0 Å². The number of sulfonamides is 2. The molecule has 0 aliphatic heterocycles. The molecule has 1 N–H and O–H groups in total. The molecule has 0 bridgehead atoms. The lowest BCUT2D eigenvalue weighted by Gasteiger charge is -2.17. The smallest absolute Gasteiger partial charge is 0.288 e. The number of halogens is 1. The Morgan fingerprint density at radius 2 is 1.91 bits per heavy atom. The van der Waals surface area contributed by atoms with Crippen molar-refractivity contribution in [3.63, 3.8) is 0 Å². The predicted octanol–water partition coefficient (Wildman–Crippen LogP) is 0.839. The van der Waals surface area contributed by atoms with Crippen molar-refractivity contribution < 1.29 is 26.5 Å². The number of aromatic nitrogens is 3. The monoisotopic (exact) mass is 525 g/mol. The minimum atomic E-state index is -4.70. The van der Waals surface area contributed by atoms with E-state index in [9.17, 15) is 26.4 Å². The highest BCUT2D eigenvalue weighted by atomic mass is 35.5. The first-order valence-corrected chi connectivity index (χ1v) is 13.6. The Labute approximate surface area is 193 Å². The van der Waals surface area contributed by atoms with Gasteiger partial charge in [0, 0.05) is 24.7 Å². The molecular formula is C16H20ClN5O7S3. The molecule has 1 heterocycles. The van der Waals surface area contributed by atoms with Gasteiger partial charge in [0.15, 0.2) is 5.16 Å². The molecule has 1 fully saturated rings. The molecule has 1 aliphatic rings. The molecule has 1 aromatic heterocycles. The Morgan fingerprint density at radius 3 is 2.47 bits per heavy atom. The van der Waals surface area contributed by atoms with E-state index in [1.807, 2.05) is 0 Å². The van der Waals surface area contributed by atoms with Crippen LogP contribution >= 0.6 is 23.4 Å². The third kappa shape index (κ3) is 4.87. The van der Waals surface area contributed by atoms with Crippen LogP contribution in [0.2, 0.25) is 0 Å². The zero-order valence-electron chi connectivity index (χ0n) is 17.0. The largest absolute Gasteiger partial charge is 0.360 e. The van der Waals surface area contributed by atoms with E-state index in [1.54, 1.807) is 4.72 Å². The summed E-state index contributed by atoms with van der Waals surface area (Å²) in [4.78, 5) is 28.7. The lowest BCUT2D eigenvalue weighted by Crippen LogP contribution is -2.41. The molecule has 1 aromatic carbocycles. The fourth-order valence-electron chi connectivity index (χ4n) is 2.70. The van der Waals surface area contributed by atoms with Gasteiger partial charge in [-0.25, -0.2) is 31.1 Å². The van der Waals surface area contributed by atoms with Crippen LogP contribution in [0.1, 0.15) is 18.9 Å². The summed E-state index contributed by atoms with van der Waals surface area (Å²) in [7, 11) is -6.87. The molecule has 0 spiro atoms. The van der Waals surface area contributed by atoms with Crippen molar-refractivity contribution in [2.75, 3.05) is 25.8 Å². The third-order valence-corrected chi connectivity index (χ3v) is 9.03. The van der Waals surface area contributed by atoms with Crippen molar-refractivity contribution in [1.29, 1.82) is 0 Å². The second kappa shape index (κ2) is 9.52. The van der Waals surface area contributed by atoms with Crippen molar-refractivity contribution in [1.82, 2.24) is 23.5 Å². The molecule has 1 amide bonds. The first-order valence-electron chi connectivity index (χ1n) is 9.14. The number of thioether (sulfide) groups is 1. The number of hydroxylamine groups is 1. The fraction of sp³-hybridized carbons (Fsp3) is 0.438. The number of hydrogen-bond donors (Lipinski definition) is 1. The maximum atomic E-state index is 12.9. The van der Waals surface area contributed by atoms with Crippen LogP contribution in [0.3, 0.4) is 0 Å². The zero-order valence-corrected chi connectivity index (χ0v) is 20.2. The van der Waals surface area contributed by atoms with E-state index in [1.165, 1.54) is 16.7 Å². The summed E-state index contributed by atoms with van der Waals surface area (Å²) >= 11 is 6.85.